The summed E-state index contributed by atoms with van der Waals surface area (Å²) in [7, 11) is 0. The van der Waals surface area contributed by atoms with Crippen molar-refractivity contribution < 1.29 is 14.0 Å². The van der Waals surface area contributed by atoms with Gasteiger partial charge in [0, 0.05) is 28.9 Å². The van der Waals surface area contributed by atoms with Crippen LogP contribution < -0.4 is 10.6 Å². The first-order valence-corrected chi connectivity index (χ1v) is 10.5. The van der Waals surface area contributed by atoms with Crippen molar-refractivity contribution >= 4 is 35.1 Å². The van der Waals surface area contributed by atoms with Gasteiger partial charge in [0.1, 0.15) is 17.7 Å². The molecule has 0 unspecified atom stereocenters. The van der Waals surface area contributed by atoms with Gasteiger partial charge in [-0.25, -0.2) is 4.39 Å². The van der Waals surface area contributed by atoms with Gasteiger partial charge in [-0.05, 0) is 67.9 Å². The predicted octanol–water partition coefficient (Wildman–Crippen LogP) is 4.79. The van der Waals surface area contributed by atoms with E-state index in [0.717, 1.165) is 16.2 Å². The molecule has 3 aromatic rings. The first-order valence-electron chi connectivity index (χ1n) is 9.48. The number of benzene rings is 2. The number of rotatable bonds is 6. The quantitative estimate of drug-likeness (QED) is 0.544. The maximum absolute atomic E-state index is 13.4. The molecule has 0 saturated heterocycles. The second kappa shape index (κ2) is 9.49. The zero-order chi connectivity index (χ0) is 22.5. The van der Waals surface area contributed by atoms with Crippen LogP contribution in [0, 0.1) is 31.0 Å². The summed E-state index contributed by atoms with van der Waals surface area (Å²) in [4.78, 5) is 24.6. The molecule has 6 nitrogen and oxygen atoms in total. The Hall–Kier alpha value is -3.57. The van der Waals surface area contributed by atoms with Crippen molar-refractivity contribution in [1.29, 1.82) is 5.26 Å². The summed E-state index contributed by atoms with van der Waals surface area (Å²) in [6, 6.07) is 15.2. The minimum Gasteiger partial charge on any atom is -0.326 e. The van der Waals surface area contributed by atoms with Gasteiger partial charge in [0.2, 0.25) is 11.8 Å². The van der Waals surface area contributed by atoms with Crippen LogP contribution in [0.2, 0.25) is 0 Å². The highest BCUT2D eigenvalue weighted by atomic mass is 32.2. The van der Waals surface area contributed by atoms with Crippen molar-refractivity contribution in [2.75, 3.05) is 16.4 Å². The summed E-state index contributed by atoms with van der Waals surface area (Å²) in [5.41, 5.74) is 3.26. The van der Waals surface area contributed by atoms with Crippen LogP contribution in [0.3, 0.4) is 0 Å². The molecular weight excluding hydrogens is 415 g/mol. The van der Waals surface area contributed by atoms with Gasteiger partial charge in [0.05, 0.1) is 11.3 Å². The molecule has 0 aliphatic carbocycles. The number of hydrogen-bond acceptors (Lipinski definition) is 4. The van der Waals surface area contributed by atoms with Gasteiger partial charge in [0.25, 0.3) is 0 Å². The fourth-order valence-electron chi connectivity index (χ4n) is 3.13. The molecule has 158 valence electrons. The minimum atomic E-state index is -0.364. The number of anilines is 2. The van der Waals surface area contributed by atoms with E-state index in [2.05, 4.69) is 16.7 Å². The molecule has 0 spiro atoms. The van der Waals surface area contributed by atoms with Crippen molar-refractivity contribution in [3.05, 3.63) is 71.2 Å². The maximum Gasteiger partial charge on any atom is 0.235 e. The first kappa shape index (κ1) is 22.1. The number of aromatic nitrogens is 1. The molecule has 0 aliphatic rings. The minimum absolute atomic E-state index is 0.136. The highest BCUT2D eigenvalue weighted by Gasteiger charge is 2.20. The Kier molecular flexibility index (Phi) is 6.78. The SMILES string of the molecule is CC(=O)Nc1ccc(SCC(=O)Nc2c(C#N)c(C)c(C)n2-c2ccc(F)cc2)cc1. The average Bonchev–Trinajstić information content (AvgIpc) is 2.97. The van der Waals surface area contributed by atoms with Gasteiger partial charge in [-0.3, -0.25) is 14.2 Å². The molecule has 0 bridgehead atoms. The third-order valence-electron chi connectivity index (χ3n) is 4.71. The number of nitriles is 1. The lowest BCUT2D eigenvalue weighted by Crippen LogP contribution is -2.17. The summed E-state index contributed by atoms with van der Waals surface area (Å²) in [5.74, 6) is -0.277. The zero-order valence-corrected chi connectivity index (χ0v) is 18.1. The third kappa shape index (κ3) is 5.13. The molecule has 0 radical (unpaired) electrons. The van der Waals surface area contributed by atoms with Gasteiger partial charge in [-0.2, -0.15) is 5.26 Å². The predicted molar refractivity (Wildman–Crippen MR) is 120 cm³/mol. The Morgan fingerprint density at radius 3 is 2.29 bits per heavy atom. The van der Waals surface area contributed by atoms with E-state index in [1.54, 1.807) is 28.8 Å². The van der Waals surface area contributed by atoms with E-state index in [9.17, 15) is 19.2 Å². The lowest BCUT2D eigenvalue weighted by molar-refractivity contribution is -0.114. The number of carbonyl (C=O) groups is 2. The average molecular weight is 437 g/mol. The van der Waals surface area contributed by atoms with Crippen molar-refractivity contribution in [3.8, 4) is 11.8 Å². The Balaban J connectivity index is 1.78. The lowest BCUT2D eigenvalue weighted by Gasteiger charge is -2.13. The van der Waals surface area contributed by atoms with Crippen LogP contribution in [-0.4, -0.2) is 22.1 Å². The smallest absolute Gasteiger partial charge is 0.235 e. The molecule has 31 heavy (non-hydrogen) atoms. The Morgan fingerprint density at radius 2 is 1.71 bits per heavy atom. The number of halogens is 1. The van der Waals surface area contributed by atoms with Crippen molar-refractivity contribution in [2.24, 2.45) is 0 Å². The highest BCUT2D eigenvalue weighted by Crippen LogP contribution is 2.30. The van der Waals surface area contributed by atoms with Crippen LogP contribution in [0.25, 0.3) is 5.69 Å². The van der Waals surface area contributed by atoms with Crippen LogP contribution in [0.1, 0.15) is 23.7 Å². The summed E-state index contributed by atoms with van der Waals surface area (Å²) in [6.07, 6.45) is 0. The van der Waals surface area contributed by atoms with Crippen molar-refractivity contribution in [3.63, 3.8) is 0 Å². The Bertz CT molecular complexity index is 1160. The number of thioether (sulfide) groups is 1. The molecule has 0 fully saturated rings. The number of nitrogens with one attached hydrogen (secondary N) is 2. The summed E-state index contributed by atoms with van der Waals surface area (Å²) in [6.45, 7) is 5.10. The monoisotopic (exact) mass is 436 g/mol. The fourth-order valence-corrected chi connectivity index (χ4v) is 3.83. The number of amides is 2. The van der Waals surface area contributed by atoms with Crippen LogP contribution in [0.15, 0.2) is 53.4 Å². The summed E-state index contributed by atoms with van der Waals surface area (Å²) in [5, 5.41) is 15.2. The topological polar surface area (TPSA) is 86.9 Å². The maximum atomic E-state index is 13.4. The van der Waals surface area contributed by atoms with Crippen LogP contribution in [-0.2, 0) is 9.59 Å². The van der Waals surface area contributed by atoms with E-state index in [1.165, 1.54) is 30.8 Å². The van der Waals surface area contributed by atoms with Gasteiger partial charge < -0.3 is 10.6 Å². The van der Waals surface area contributed by atoms with Crippen LogP contribution in [0.5, 0.6) is 0 Å². The van der Waals surface area contributed by atoms with Crippen LogP contribution in [0.4, 0.5) is 15.9 Å². The van der Waals surface area contributed by atoms with Gasteiger partial charge in [-0.1, -0.05) is 0 Å². The fraction of sp³-hybridized carbons (Fsp3) is 0.174. The Morgan fingerprint density at radius 1 is 1.06 bits per heavy atom. The largest absolute Gasteiger partial charge is 0.326 e. The molecular formula is C23H21FN4O2S. The first-order chi connectivity index (χ1) is 14.8. The molecule has 2 N–H and O–H groups in total. The molecule has 1 aromatic heterocycles. The molecule has 2 aromatic carbocycles. The highest BCUT2D eigenvalue weighted by molar-refractivity contribution is 8.00. The molecule has 0 atom stereocenters. The summed E-state index contributed by atoms with van der Waals surface area (Å²) < 4.78 is 15.1. The Labute approximate surface area is 184 Å². The second-order valence-electron chi connectivity index (χ2n) is 6.90. The van der Waals surface area contributed by atoms with Crippen molar-refractivity contribution in [2.45, 2.75) is 25.7 Å². The zero-order valence-electron chi connectivity index (χ0n) is 17.3. The normalized spacial score (nSPS) is 10.4. The molecule has 0 saturated carbocycles. The second-order valence-corrected chi connectivity index (χ2v) is 7.95. The molecule has 3 rings (SSSR count). The molecule has 8 heteroatoms. The number of carbonyl (C=O) groups excluding carboxylic acids is 2. The van der Waals surface area contributed by atoms with E-state index in [1.807, 2.05) is 26.0 Å². The van der Waals surface area contributed by atoms with E-state index in [-0.39, 0.29) is 23.4 Å². The van der Waals surface area contributed by atoms with E-state index >= 15 is 0 Å². The molecule has 2 amide bonds. The van der Waals surface area contributed by atoms with Gasteiger partial charge in [-0.15, -0.1) is 11.8 Å². The third-order valence-corrected chi connectivity index (χ3v) is 5.72. The standard InChI is InChI=1S/C23H21FN4O2S/c1-14-15(2)28(19-8-4-17(24)5-9-19)23(21(14)12-25)27-22(30)13-31-20-10-6-18(7-11-20)26-16(3)29/h4-11H,13H2,1-3H3,(H,26,29)(H,27,30). The lowest BCUT2D eigenvalue weighted by atomic mass is 10.2. The van der Waals surface area contributed by atoms with Gasteiger partial charge in [0.15, 0.2) is 0 Å². The molecule has 0 aliphatic heterocycles. The van der Waals surface area contributed by atoms with E-state index < -0.39 is 0 Å². The number of nitrogens with zero attached hydrogens (tertiary/aromatic N) is 2. The number of hydrogen-bond donors (Lipinski definition) is 2. The van der Waals surface area contributed by atoms with Gasteiger partial charge >= 0.3 is 0 Å². The molecule has 1 heterocycles. The van der Waals surface area contributed by atoms with Crippen molar-refractivity contribution in [1.82, 2.24) is 4.57 Å². The van der Waals surface area contributed by atoms with Crippen LogP contribution >= 0.6 is 11.8 Å². The summed E-state index contributed by atoms with van der Waals surface area (Å²) >= 11 is 1.34. The van der Waals surface area contributed by atoms with E-state index in [0.29, 0.717) is 22.8 Å². The van der Waals surface area contributed by atoms with E-state index in [4.69, 9.17) is 0 Å².